The Kier molecular flexibility index (Phi) is 2.69. The van der Waals surface area contributed by atoms with E-state index in [4.69, 9.17) is 33.9 Å². The first-order valence-electron chi connectivity index (χ1n) is 2.36. The zero-order valence-corrected chi connectivity index (χ0v) is 7.81. The molecule has 1 heterocycles. The molecule has 0 saturated heterocycles. The molecule has 1 nitrogen and oxygen atoms in total. The van der Waals surface area contributed by atoms with Crippen LogP contribution in [0.4, 0.5) is 0 Å². The van der Waals surface area contributed by atoms with E-state index >= 15 is 0 Å². The van der Waals surface area contributed by atoms with E-state index in [2.05, 4.69) is 0 Å². The first-order chi connectivity index (χ1) is 4.63. The summed E-state index contributed by atoms with van der Waals surface area (Å²) in [4.78, 5) is 10.9. The van der Waals surface area contributed by atoms with Crippen LogP contribution in [0, 0.1) is 0 Å². The van der Waals surface area contributed by atoms with Crippen molar-refractivity contribution in [3.8, 4) is 0 Å². The number of allylic oxidation sites excluding steroid dienone is 3. The number of hydrogen-bond acceptors (Lipinski definition) is 1. The third-order valence-electron chi connectivity index (χ3n) is 0.979. The zero-order valence-electron chi connectivity index (χ0n) is 4.64. The lowest BCUT2D eigenvalue weighted by molar-refractivity contribution is -0.107. The maximum atomic E-state index is 10.5. The lowest BCUT2D eigenvalue weighted by Crippen LogP contribution is -1.86. The third-order valence-corrected chi connectivity index (χ3v) is 4.60. The predicted molar refractivity (Wildman–Crippen MR) is 47.7 cm³/mol. The van der Waals surface area contributed by atoms with E-state index < -0.39 is 15.4 Å². The Morgan fingerprint density at radius 3 is 2.30 bits per heavy atom. The average Bonchev–Trinajstić information content (AvgIpc) is 2.14. The van der Waals surface area contributed by atoms with E-state index in [-0.39, 0.29) is 0 Å². The van der Waals surface area contributed by atoms with Gasteiger partial charge in [0.15, 0.2) is 0 Å². The molecule has 0 aromatic carbocycles. The summed E-state index contributed by atoms with van der Waals surface area (Å²) in [6.07, 6.45) is 3.15. The quantitative estimate of drug-likeness (QED) is 0.528. The van der Waals surface area contributed by atoms with Gasteiger partial charge < -0.3 is 0 Å². The fourth-order valence-electron chi connectivity index (χ4n) is 0.536. The van der Waals surface area contributed by atoms with Gasteiger partial charge in [-0.2, -0.15) is 0 Å². The molecule has 0 aromatic heterocycles. The predicted octanol–water partition coefficient (Wildman–Crippen LogP) is 2.88. The summed E-state index contributed by atoms with van der Waals surface area (Å²) in [5.41, 5.74) is 0. The zero-order chi connectivity index (χ0) is 7.72. The Balaban J connectivity index is 2.81. The largest absolute Gasteiger partial charge is 0.275 e. The minimum absolute atomic E-state index is 0.406. The Morgan fingerprint density at radius 2 is 2.10 bits per heavy atom. The van der Waals surface area contributed by atoms with Crippen molar-refractivity contribution in [1.82, 2.24) is 0 Å². The number of thiol groups is 1. The van der Waals surface area contributed by atoms with Gasteiger partial charge in [0.2, 0.25) is 0 Å². The second-order valence-electron chi connectivity index (χ2n) is 1.60. The van der Waals surface area contributed by atoms with Crippen LogP contribution in [-0.2, 0) is 4.79 Å². The van der Waals surface area contributed by atoms with E-state index in [1.54, 1.807) is 12.2 Å². The maximum Gasteiger partial charge on any atom is 0.258 e. The van der Waals surface area contributed by atoms with E-state index in [1.807, 2.05) is 0 Å². The topological polar surface area (TPSA) is 17.1 Å². The lowest BCUT2D eigenvalue weighted by atomic mass is 10.5. The van der Waals surface area contributed by atoms with Crippen LogP contribution in [0.25, 0.3) is 0 Å². The Morgan fingerprint density at radius 1 is 1.50 bits per heavy atom. The summed E-state index contributed by atoms with van der Waals surface area (Å²) in [5, 5.41) is -0.520. The highest BCUT2D eigenvalue weighted by Gasteiger charge is 2.19. The van der Waals surface area contributed by atoms with Crippen LogP contribution in [0.15, 0.2) is 21.4 Å². The molecular weight excluding hydrogens is 214 g/mol. The molecule has 1 aliphatic rings. The standard InChI is InChI=1S/C5H3Cl3OS/c6-4-2-1-3(5(7)9)10(4)8/h1-2,10H. The van der Waals surface area contributed by atoms with Crippen molar-refractivity contribution in [2.75, 3.05) is 0 Å². The molecule has 10 heavy (non-hydrogen) atoms. The van der Waals surface area contributed by atoms with E-state index in [0.29, 0.717) is 9.27 Å². The van der Waals surface area contributed by atoms with E-state index in [0.717, 1.165) is 0 Å². The van der Waals surface area contributed by atoms with Gasteiger partial charge in [0, 0.05) is 0 Å². The summed E-state index contributed by atoms with van der Waals surface area (Å²) in [7, 11) is 4.56. The second-order valence-corrected chi connectivity index (χ2v) is 5.15. The Labute approximate surface area is 75.5 Å². The van der Waals surface area contributed by atoms with Crippen molar-refractivity contribution in [3.05, 3.63) is 21.4 Å². The van der Waals surface area contributed by atoms with Crippen molar-refractivity contribution in [1.29, 1.82) is 0 Å². The molecule has 1 atom stereocenters. The van der Waals surface area contributed by atoms with Crippen LogP contribution in [0.5, 0.6) is 0 Å². The summed E-state index contributed by atoms with van der Waals surface area (Å²) < 4.78 is 0.501. The maximum absolute atomic E-state index is 10.5. The molecule has 1 aliphatic heterocycles. The smallest absolute Gasteiger partial charge is 0.258 e. The Bertz CT molecular complexity index is 233. The van der Waals surface area contributed by atoms with Crippen molar-refractivity contribution < 1.29 is 4.79 Å². The van der Waals surface area contributed by atoms with Crippen molar-refractivity contribution >= 4 is 49.2 Å². The van der Waals surface area contributed by atoms with Crippen LogP contribution in [0.2, 0.25) is 0 Å². The van der Waals surface area contributed by atoms with E-state index in [1.165, 1.54) is 0 Å². The number of halogens is 3. The molecule has 0 spiro atoms. The van der Waals surface area contributed by atoms with Crippen LogP contribution in [0.3, 0.4) is 0 Å². The van der Waals surface area contributed by atoms with Crippen molar-refractivity contribution in [3.63, 3.8) is 0 Å². The van der Waals surface area contributed by atoms with Gasteiger partial charge in [-0.05, 0) is 23.8 Å². The molecular formula is C5H3Cl3OS. The monoisotopic (exact) mass is 216 g/mol. The molecule has 5 heteroatoms. The number of carbonyl (C=O) groups is 1. The van der Waals surface area contributed by atoms with E-state index in [9.17, 15) is 4.79 Å². The number of carbonyl (C=O) groups excluding carboxylic acids is 1. The molecule has 0 saturated carbocycles. The first-order valence-corrected chi connectivity index (χ1v) is 5.36. The number of rotatable bonds is 1. The molecule has 0 amide bonds. The van der Waals surface area contributed by atoms with Gasteiger partial charge in [-0.15, -0.1) is 10.1 Å². The highest BCUT2D eigenvalue weighted by molar-refractivity contribution is 8.43. The molecule has 0 aliphatic carbocycles. The van der Waals surface area contributed by atoms with Gasteiger partial charge in [0.05, 0.1) is 9.27 Å². The van der Waals surface area contributed by atoms with Gasteiger partial charge in [-0.25, -0.2) is 0 Å². The number of hydrogen-bond donors (Lipinski definition) is 1. The molecule has 0 N–H and O–H groups in total. The molecule has 0 fully saturated rings. The molecule has 1 unspecified atom stereocenters. The summed E-state index contributed by atoms with van der Waals surface area (Å²) in [6.45, 7) is 0. The molecule has 56 valence electrons. The van der Waals surface area contributed by atoms with Crippen LogP contribution >= 0.6 is 44.0 Å². The molecule has 0 radical (unpaired) electrons. The fourth-order valence-corrected chi connectivity index (χ4v) is 2.68. The lowest BCUT2D eigenvalue weighted by Gasteiger charge is -2.06. The van der Waals surface area contributed by atoms with Gasteiger partial charge in [-0.3, -0.25) is 4.79 Å². The fraction of sp³-hybridized carbons (Fsp3) is 0. The molecule has 0 bridgehead atoms. The SMILES string of the molecule is O=C(Cl)C1=CC=C(Cl)[SH]1Cl. The van der Waals surface area contributed by atoms with Crippen molar-refractivity contribution in [2.24, 2.45) is 0 Å². The molecule has 1 rings (SSSR count). The van der Waals surface area contributed by atoms with Crippen LogP contribution in [-0.4, -0.2) is 5.24 Å². The van der Waals surface area contributed by atoms with Crippen LogP contribution in [0.1, 0.15) is 0 Å². The van der Waals surface area contributed by atoms with Crippen LogP contribution < -0.4 is 0 Å². The average molecular weight is 218 g/mol. The van der Waals surface area contributed by atoms with Gasteiger partial charge in [-0.1, -0.05) is 22.3 Å². The Hall–Kier alpha value is 0.370. The minimum Gasteiger partial charge on any atom is -0.275 e. The summed E-state index contributed by atoms with van der Waals surface area (Å²) in [6, 6.07) is 0. The minimum atomic E-state index is -1.15. The van der Waals surface area contributed by atoms with Gasteiger partial charge in [0.25, 0.3) is 5.24 Å². The summed E-state index contributed by atoms with van der Waals surface area (Å²) in [5.74, 6) is 0. The molecule has 0 aromatic rings. The second kappa shape index (κ2) is 3.18. The first kappa shape index (κ1) is 8.47. The van der Waals surface area contributed by atoms with Gasteiger partial charge in [0.1, 0.15) is 0 Å². The highest BCUT2D eigenvalue weighted by atomic mass is 35.7. The normalized spacial score (nSPS) is 27.7. The third kappa shape index (κ3) is 1.51. The van der Waals surface area contributed by atoms with Crippen molar-refractivity contribution in [2.45, 2.75) is 0 Å². The summed E-state index contributed by atoms with van der Waals surface area (Å²) >= 11 is 10.8. The van der Waals surface area contributed by atoms with Gasteiger partial charge >= 0.3 is 0 Å². The highest BCUT2D eigenvalue weighted by Crippen LogP contribution is 2.53.